The number of imide groups is 1. The average molecular weight is 202 g/mol. The first kappa shape index (κ1) is 10.4. The van der Waals surface area contributed by atoms with Crippen molar-refractivity contribution in [2.75, 3.05) is 6.54 Å². The van der Waals surface area contributed by atoms with Crippen LogP contribution >= 0.6 is 12.6 Å². The number of unbranched alkanes of at least 4 members (excludes halogenated alkanes) is 1. The molecule has 0 spiro atoms. The molecule has 1 unspecified atom stereocenters. The Morgan fingerprint density at radius 3 is 2.54 bits per heavy atom. The molecule has 3 amide bonds. The fraction of sp³-hybridized carbons (Fsp3) is 0.750. The van der Waals surface area contributed by atoms with Gasteiger partial charge >= 0.3 is 6.03 Å². The molecular formula is C8H14N2O2S. The van der Waals surface area contributed by atoms with Crippen LogP contribution in [-0.4, -0.2) is 28.3 Å². The van der Waals surface area contributed by atoms with Crippen LogP contribution in [0.4, 0.5) is 4.79 Å². The van der Waals surface area contributed by atoms with Crippen molar-refractivity contribution >= 4 is 24.6 Å². The third kappa shape index (κ3) is 1.96. The molecule has 1 atom stereocenters. The highest BCUT2D eigenvalue weighted by atomic mass is 32.1. The number of nitrogens with zero attached hydrogens (tertiary/aromatic N) is 1. The molecule has 0 aliphatic carbocycles. The fourth-order valence-electron chi connectivity index (χ4n) is 1.20. The van der Waals surface area contributed by atoms with E-state index in [1.165, 1.54) is 4.90 Å². The number of urea groups is 1. The molecule has 1 saturated heterocycles. The monoisotopic (exact) mass is 202 g/mol. The summed E-state index contributed by atoms with van der Waals surface area (Å²) in [6.45, 7) is 4.08. The molecule has 0 bridgehead atoms. The van der Waals surface area contributed by atoms with Gasteiger partial charge in [-0.2, -0.15) is 0 Å². The minimum absolute atomic E-state index is 0.255. The molecule has 0 aromatic carbocycles. The molecule has 0 radical (unpaired) electrons. The van der Waals surface area contributed by atoms with Crippen LogP contribution in [0, 0.1) is 0 Å². The maximum atomic E-state index is 11.5. The van der Waals surface area contributed by atoms with Gasteiger partial charge in [0.25, 0.3) is 5.91 Å². The van der Waals surface area contributed by atoms with Crippen LogP contribution in [0.25, 0.3) is 0 Å². The lowest BCUT2D eigenvalue weighted by molar-refractivity contribution is -0.128. The van der Waals surface area contributed by atoms with Gasteiger partial charge in [-0.1, -0.05) is 13.3 Å². The summed E-state index contributed by atoms with van der Waals surface area (Å²) >= 11 is 4.06. The van der Waals surface area contributed by atoms with E-state index in [4.69, 9.17) is 0 Å². The highest BCUT2D eigenvalue weighted by molar-refractivity contribution is 7.82. The molecule has 1 heterocycles. The molecule has 1 aliphatic rings. The van der Waals surface area contributed by atoms with Gasteiger partial charge in [-0.25, -0.2) is 4.79 Å². The molecule has 4 nitrogen and oxygen atoms in total. The number of amides is 3. The van der Waals surface area contributed by atoms with Crippen molar-refractivity contribution in [1.82, 2.24) is 10.2 Å². The lowest BCUT2D eigenvalue weighted by Crippen LogP contribution is -2.37. The summed E-state index contributed by atoms with van der Waals surface area (Å²) < 4.78 is 0. The first-order chi connectivity index (χ1) is 5.99. The lowest BCUT2D eigenvalue weighted by Gasteiger charge is -2.14. The van der Waals surface area contributed by atoms with Crippen molar-refractivity contribution in [3.05, 3.63) is 0 Å². The topological polar surface area (TPSA) is 49.4 Å². The van der Waals surface area contributed by atoms with E-state index in [0.717, 1.165) is 12.8 Å². The van der Waals surface area contributed by atoms with E-state index in [-0.39, 0.29) is 11.9 Å². The standard InChI is InChI=1S/C8H14N2O2S/c1-3-4-5-10-6(11)8(2,13)9-7(10)12/h13H,3-5H2,1-2H3,(H,9,12). The van der Waals surface area contributed by atoms with Crippen molar-refractivity contribution in [3.8, 4) is 0 Å². The maximum Gasteiger partial charge on any atom is 0.325 e. The second-order valence-corrected chi connectivity index (χ2v) is 4.21. The predicted octanol–water partition coefficient (Wildman–Crippen LogP) is 0.984. The van der Waals surface area contributed by atoms with Crippen LogP contribution in [0.2, 0.25) is 0 Å². The molecule has 1 rings (SSSR count). The second kappa shape index (κ2) is 3.57. The summed E-state index contributed by atoms with van der Waals surface area (Å²) in [6.07, 6.45) is 1.80. The molecule has 74 valence electrons. The number of carbonyl (C=O) groups excluding carboxylic acids is 2. The van der Waals surface area contributed by atoms with Gasteiger partial charge in [0.15, 0.2) is 4.87 Å². The Morgan fingerprint density at radius 2 is 2.15 bits per heavy atom. The van der Waals surface area contributed by atoms with Crippen LogP contribution in [0.3, 0.4) is 0 Å². The van der Waals surface area contributed by atoms with Gasteiger partial charge in [-0.05, 0) is 13.3 Å². The Labute approximate surface area is 83.1 Å². The van der Waals surface area contributed by atoms with Crippen LogP contribution in [0.1, 0.15) is 26.7 Å². The zero-order chi connectivity index (χ0) is 10.1. The zero-order valence-corrected chi connectivity index (χ0v) is 8.73. The smallest absolute Gasteiger partial charge is 0.315 e. The summed E-state index contributed by atoms with van der Waals surface area (Å²) in [5, 5.41) is 2.50. The Balaban J connectivity index is 2.66. The van der Waals surface area contributed by atoms with Crippen LogP contribution < -0.4 is 5.32 Å². The minimum Gasteiger partial charge on any atom is -0.315 e. The molecule has 0 saturated carbocycles. The number of rotatable bonds is 3. The summed E-state index contributed by atoms with van der Waals surface area (Å²) in [5.74, 6) is -0.255. The fourth-order valence-corrected chi connectivity index (χ4v) is 1.42. The van der Waals surface area contributed by atoms with Crippen molar-refractivity contribution in [3.63, 3.8) is 0 Å². The van der Waals surface area contributed by atoms with E-state index in [2.05, 4.69) is 17.9 Å². The van der Waals surface area contributed by atoms with Gasteiger partial charge in [0.1, 0.15) is 0 Å². The summed E-state index contributed by atoms with van der Waals surface area (Å²) in [5.41, 5.74) is 0. The van der Waals surface area contributed by atoms with Gasteiger partial charge in [-0.3, -0.25) is 9.69 Å². The van der Waals surface area contributed by atoms with Crippen molar-refractivity contribution in [1.29, 1.82) is 0 Å². The molecular weight excluding hydrogens is 188 g/mol. The molecule has 0 aromatic rings. The van der Waals surface area contributed by atoms with E-state index in [1.54, 1.807) is 6.92 Å². The molecule has 0 aromatic heterocycles. The SMILES string of the molecule is CCCCN1C(=O)NC(C)(S)C1=O. The highest BCUT2D eigenvalue weighted by Crippen LogP contribution is 2.20. The van der Waals surface area contributed by atoms with Crippen molar-refractivity contribution in [2.24, 2.45) is 0 Å². The maximum absolute atomic E-state index is 11.5. The summed E-state index contributed by atoms with van der Waals surface area (Å²) in [7, 11) is 0. The van der Waals surface area contributed by atoms with E-state index in [1.807, 2.05) is 6.92 Å². The minimum atomic E-state index is -1.02. The molecule has 5 heteroatoms. The Hall–Kier alpha value is -0.710. The third-order valence-electron chi connectivity index (χ3n) is 1.99. The van der Waals surface area contributed by atoms with Gasteiger partial charge < -0.3 is 5.32 Å². The third-order valence-corrected chi connectivity index (χ3v) is 2.30. The Bertz CT molecular complexity index is 240. The van der Waals surface area contributed by atoms with Crippen LogP contribution in [-0.2, 0) is 4.79 Å². The lowest BCUT2D eigenvalue weighted by atomic mass is 10.3. The normalized spacial score (nSPS) is 28.1. The zero-order valence-electron chi connectivity index (χ0n) is 7.83. The molecule has 1 fully saturated rings. The van der Waals surface area contributed by atoms with Crippen LogP contribution in [0.5, 0.6) is 0 Å². The van der Waals surface area contributed by atoms with E-state index in [9.17, 15) is 9.59 Å². The second-order valence-electron chi connectivity index (χ2n) is 3.31. The van der Waals surface area contributed by atoms with E-state index in [0.29, 0.717) is 6.54 Å². The van der Waals surface area contributed by atoms with Gasteiger partial charge in [-0.15, -0.1) is 12.6 Å². The van der Waals surface area contributed by atoms with Crippen molar-refractivity contribution in [2.45, 2.75) is 31.6 Å². The average Bonchev–Trinajstić information content (AvgIpc) is 2.21. The van der Waals surface area contributed by atoms with Gasteiger partial charge in [0.05, 0.1) is 0 Å². The summed E-state index contributed by atoms with van der Waals surface area (Å²) in [4.78, 5) is 23.0. The number of hydrogen-bond donors (Lipinski definition) is 2. The first-order valence-electron chi connectivity index (χ1n) is 4.35. The number of carbonyl (C=O) groups is 2. The predicted molar refractivity (Wildman–Crippen MR) is 52.5 cm³/mol. The Morgan fingerprint density at radius 1 is 1.54 bits per heavy atom. The number of hydrogen-bond acceptors (Lipinski definition) is 3. The van der Waals surface area contributed by atoms with E-state index < -0.39 is 4.87 Å². The molecule has 13 heavy (non-hydrogen) atoms. The van der Waals surface area contributed by atoms with Gasteiger partial charge in [0.2, 0.25) is 0 Å². The van der Waals surface area contributed by atoms with Crippen molar-refractivity contribution < 1.29 is 9.59 Å². The Kier molecular flexibility index (Phi) is 2.85. The quantitative estimate of drug-likeness (QED) is 0.529. The first-order valence-corrected chi connectivity index (χ1v) is 4.80. The highest BCUT2D eigenvalue weighted by Gasteiger charge is 2.44. The number of thiol groups is 1. The molecule has 1 N–H and O–H groups in total. The molecule has 1 aliphatic heterocycles. The largest absolute Gasteiger partial charge is 0.325 e. The van der Waals surface area contributed by atoms with Gasteiger partial charge in [0, 0.05) is 6.54 Å². The number of nitrogens with one attached hydrogen (secondary N) is 1. The van der Waals surface area contributed by atoms with Crippen LogP contribution in [0.15, 0.2) is 0 Å². The van der Waals surface area contributed by atoms with E-state index >= 15 is 0 Å². The summed E-state index contributed by atoms with van der Waals surface area (Å²) in [6, 6.07) is -0.337.